The van der Waals surface area contributed by atoms with Crippen molar-refractivity contribution in [2.75, 3.05) is 0 Å². The third kappa shape index (κ3) is 4.22. The Morgan fingerprint density at radius 2 is 1.92 bits per heavy atom. The molecule has 25 heavy (non-hydrogen) atoms. The number of carbonyl (C=O) groups excluding carboxylic acids is 1. The summed E-state index contributed by atoms with van der Waals surface area (Å²) in [5, 5.41) is 16.7. The molecule has 2 aromatic heterocycles. The number of amides is 2. The fourth-order valence-electron chi connectivity index (χ4n) is 2.74. The molecule has 3 atom stereocenters. The number of nitrogens with one attached hydrogen (secondary N) is 2. The molecule has 0 spiro atoms. The van der Waals surface area contributed by atoms with Crippen LogP contribution < -0.4 is 10.6 Å². The van der Waals surface area contributed by atoms with Gasteiger partial charge in [0.05, 0.1) is 12.3 Å². The second kappa shape index (κ2) is 7.44. The zero-order valence-corrected chi connectivity index (χ0v) is 14.2. The minimum absolute atomic E-state index is 0.219. The number of aliphatic hydroxyl groups excluding tert-OH is 1. The number of hydrogen-bond donors (Lipinski definition) is 3. The Morgan fingerprint density at radius 1 is 1.12 bits per heavy atom. The van der Waals surface area contributed by atoms with Gasteiger partial charge in [0.2, 0.25) is 0 Å². The maximum absolute atomic E-state index is 12.2. The second-order valence-electron chi connectivity index (χ2n) is 6.19. The van der Waals surface area contributed by atoms with Crippen LogP contribution in [0.3, 0.4) is 0 Å². The number of furan rings is 2. The van der Waals surface area contributed by atoms with E-state index in [0.717, 1.165) is 11.0 Å². The lowest BCUT2D eigenvalue weighted by atomic mass is 10.1. The van der Waals surface area contributed by atoms with E-state index in [1.165, 1.54) is 6.26 Å². The monoisotopic (exact) mass is 342 g/mol. The number of urea groups is 1. The highest BCUT2D eigenvalue weighted by atomic mass is 16.4. The van der Waals surface area contributed by atoms with Crippen LogP contribution in [-0.4, -0.2) is 17.2 Å². The predicted octanol–water partition coefficient (Wildman–Crippen LogP) is 3.90. The van der Waals surface area contributed by atoms with Gasteiger partial charge in [0, 0.05) is 17.8 Å². The molecule has 3 unspecified atom stereocenters. The molecule has 1 aromatic carbocycles. The lowest BCUT2D eigenvalue weighted by Gasteiger charge is -2.19. The Kier molecular flexibility index (Phi) is 5.09. The van der Waals surface area contributed by atoms with Crippen LogP contribution in [0.4, 0.5) is 4.79 Å². The smallest absolute Gasteiger partial charge is 0.315 e. The van der Waals surface area contributed by atoms with Gasteiger partial charge in [-0.15, -0.1) is 0 Å². The molecule has 0 saturated heterocycles. The van der Waals surface area contributed by atoms with Crippen molar-refractivity contribution in [3.63, 3.8) is 0 Å². The molecule has 132 valence electrons. The number of carbonyl (C=O) groups is 1. The number of fused-ring (bicyclic) bond motifs is 1. The summed E-state index contributed by atoms with van der Waals surface area (Å²) in [4.78, 5) is 12.2. The summed E-state index contributed by atoms with van der Waals surface area (Å²) >= 11 is 0. The van der Waals surface area contributed by atoms with Gasteiger partial charge in [0.25, 0.3) is 0 Å². The molecular weight excluding hydrogens is 320 g/mol. The lowest BCUT2D eigenvalue weighted by molar-refractivity contribution is 0.129. The van der Waals surface area contributed by atoms with Crippen LogP contribution >= 0.6 is 0 Å². The molecule has 3 aromatic rings. The molecule has 6 heteroatoms. The first-order chi connectivity index (χ1) is 12.0. The summed E-state index contributed by atoms with van der Waals surface area (Å²) in [6.07, 6.45) is 1.12. The van der Waals surface area contributed by atoms with Crippen LogP contribution in [0.1, 0.15) is 43.9 Å². The first-order valence-corrected chi connectivity index (χ1v) is 8.30. The summed E-state index contributed by atoms with van der Waals surface area (Å²) in [5.74, 6) is 1.18. The molecular formula is C19H22N2O4. The van der Waals surface area contributed by atoms with Crippen molar-refractivity contribution >= 4 is 17.0 Å². The van der Waals surface area contributed by atoms with E-state index >= 15 is 0 Å². The zero-order valence-electron chi connectivity index (χ0n) is 14.2. The van der Waals surface area contributed by atoms with E-state index < -0.39 is 6.10 Å². The third-order valence-electron chi connectivity index (χ3n) is 4.04. The van der Waals surface area contributed by atoms with Gasteiger partial charge in [0.15, 0.2) is 0 Å². The molecule has 0 aliphatic rings. The Balaban J connectivity index is 1.52. The first kappa shape index (κ1) is 17.1. The summed E-state index contributed by atoms with van der Waals surface area (Å²) in [7, 11) is 0. The maximum Gasteiger partial charge on any atom is 0.315 e. The highest BCUT2D eigenvalue weighted by Crippen LogP contribution is 2.23. The van der Waals surface area contributed by atoms with Crippen LogP contribution in [0, 0.1) is 0 Å². The molecule has 0 fully saturated rings. The minimum Gasteiger partial charge on any atom is -0.467 e. The van der Waals surface area contributed by atoms with Crippen molar-refractivity contribution in [2.24, 2.45) is 0 Å². The molecule has 3 N–H and O–H groups in total. The van der Waals surface area contributed by atoms with Gasteiger partial charge in [-0.3, -0.25) is 0 Å². The van der Waals surface area contributed by atoms with E-state index in [1.807, 2.05) is 44.2 Å². The number of hydrogen-bond acceptors (Lipinski definition) is 4. The van der Waals surface area contributed by atoms with E-state index in [9.17, 15) is 9.90 Å². The predicted molar refractivity (Wildman–Crippen MR) is 94.0 cm³/mol. The Morgan fingerprint density at radius 3 is 2.64 bits per heavy atom. The number of rotatable bonds is 6. The zero-order chi connectivity index (χ0) is 17.8. The van der Waals surface area contributed by atoms with Crippen molar-refractivity contribution < 1.29 is 18.7 Å². The van der Waals surface area contributed by atoms with Crippen molar-refractivity contribution in [1.29, 1.82) is 0 Å². The van der Waals surface area contributed by atoms with Gasteiger partial charge < -0.3 is 24.6 Å². The quantitative estimate of drug-likeness (QED) is 0.634. The molecule has 0 radical (unpaired) electrons. The fourth-order valence-corrected chi connectivity index (χ4v) is 2.74. The number of benzene rings is 1. The maximum atomic E-state index is 12.2. The summed E-state index contributed by atoms with van der Waals surface area (Å²) in [6.45, 7) is 3.69. The average molecular weight is 342 g/mol. The van der Waals surface area contributed by atoms with E-state index in [-0.39, 0.29) is 18.1 Å². The normalized spacial score (nSPS) is 14.8. The molecule has 2 heterocycles. The molecule has 2 amide bonds. The molecule has 0 aliphatic carbocycles. The topological polar surface area (TPSA) is 87.6 Å². The Hall–Kier alpha value is -2.73. The Labute approximate surface area is 145 Å². The van der Waals surface area contributed by atoms with Crippen LogP contribution in [0.2, 0.25) is 0 Å². The van der Waals surface area contributed by atoms with Crippen LogP contribution in [0.5, 0.6) is 0 Å². The molecule has 6 nitrogen and oxygen atoms in total. The van der Waals surface area contributed by atoms with Crippen LogP contribution in [0.15, 0.2) is 57.6 Å². The van der Waals surface area contributed by atoms with Crippen molar-refractivity contribution in [2.45, 2.75) is 38.5 Å². The van der Waals surface area contributed by atoms with E-state index in [1.54, 1.807) is 12.1 Å². The standard InChI is InChI=1S/C19H22N2O4/c1-12(10-15(22)17-8-5-9-24-17)20-19(23)21-13(2)18-11-14-6-3-4-7-16(14)25-18/h3-9,11-13,15,22H,10H2,1-2H3,(H2,20,21,23). The van der Waals surface area contributed by atoms with Crippen molar-refractivity contribution in [3.8, 4) is 0 Å². The van der Waals surface area contributed by atoms with Crippen molar-refractivity contribution in [1.82, 2.24) is 10.6 Å². The number of aliphatic hydroxyl groups is 1. The minimum atomic E-state index is -0.752. The molecule has 0 aliphatic heterocycles. The van der Waals surface area contributed by atoms with Crippen LogP contribution in [0.25, 0.3) is 11.0 Å². The summed E-state index contributed by atoms with van der Waals surface area (Å²) in [6, 6.07) is 12.3. The average Bonchev–Trinajstić information content (AvgIpc) is 3.24. The SMILES string of the molecule is CC(CC(O)c1ccco1)NC(=O)NC(C)c1cc2ccccc2o1. The van der Waals surface area contributed by atoms with Gasteiger partial charge in [-0.05, 0) is 38.1 Å². The van der Waals surface area contributed by atoms with Gasteiger partial charge in [-0.25, -0.2) is 4.79 Å². The third-order valence-corrected chi connectivity index (χ3v) is 4.04. The fraction of sp³-hybridized carbons (Fsp3) is 0.316. The van der Waals surface area contributed by atoms with Gasteiger partial charge in [0.1, 0.15) is 23.2 Å². The molecule has 0 bridgehead atoms. The first-order valence-electron chi connectivity index (χ1n) is 8.30. The van der Waals surface area contributed by atoms with Gasteiger partial charge in [-0.2, -0.15) is 0 Å². The number of para-hydroxylation sites is 1. The van der Waals surface area contributed by atoms with E-state index in [0.29, 0.717) is 17.9 Å². The molecule has 0 saturated carbocycles. The van der Waals surface area contributed by atoms with Crippen LogP contribution in [-0.2, 0) is 0 Å². The lowest BCUT2D eigenvalue weighted by Crippen LogP contribution is -2.42. The highest BCUT2D eigenvalue weighted by Gasteiger charge is 2.18. The van der Waals surface area contributed by atoms with Gasteiger partial charge >= 0.3 is 6.03 Å². The van der Waals surface area contributed by atoms with E-state index in [2.05, 4.69) is 10.6 Å². The van der Waals surface area contributed by atoms with Gasteiger partial charge in [-0.1, -0.05) is 18.2 Å². The Bertz CT molecular complexity index is 792. The highest BCUT2D eigenvalue weighted by molar-refractivity contribution is 5.78. The molecule has 3 rings (SSSR count). The largest absolute Gasteiger partial charge is 0.467 e. The second-order valence-corrected chi connectivity index (χ2v) is 6.19. The summed E-state index contributed by atoms with van der Waals surface area (Å²) < 4.78 is 10.9. The van der Waals surface area contributed by atoms with E-state index in [4.69, 9.17) is 8.83 Å². The summed E-state index contributed by atoms with van der Waals surface area (Å²) in [5.41, 5.74) is 0.793. The van der Waals surface area contributed by atoms with Crippen molar-refractivity contribution in [3.05, 3.63) is 60.2 Å².